The number of nitrogens with zero attached hydrogens (tertiary/aromatic N) is 1. The number of hydrogen-bond acceptors (Lipinski definition) is 3. The summed E-state index contributed by atoms with van der Waals surface area (Å²) in [5, 5.41) is 3.83. The maximum Gasteiger partial charge on any atom is 0.230 e. The molecule has 124 valence electrons. The van der Waals surface area contributed by atoms with Gasteiger partial charge in [0.25, 0.3) is 0 Å². The van der Waals surface area contributed by atoms with Gasteiger partial charge in [-0.05, 0) is 37.5 Å². The van der Waals surface area contributed by atoms with Crippen molar-refractivity contribution in [3.05, 3.63) is 60.2 Å². The molecule has 1 amide bonds. The maximum absolute atomic E-state index is 12.1. The van der Waals surface area contributed by atoms with Crippen LogP contribution in [0.25, 0.3) is 11.0 Å². The summed E-state index contributed by atoms with van der Waals surface area (Å²) in [7, 11) is 0. The number of rotatable bonds is 7. The van der Waals surface area contributed by atoms with Gasteiger partial charge in [0.2, 0.25) is 5.91 Å². The van der Waals surface area contributed by atoms with Gasteiger partial charge in [-0.15, -0.1) is 0 Å². The lowest BCUT2D eigenvalue weighted by Crippen LogP contribution is -2.34. The fraction of sp³-hybridized carbons (Fsp3) is 0.263. The largest absolute Gasteiger partial charge is 0.353 e. The van der Waals surface area contributed by atoms with Gasteiger partial charge in [-0.3, -0.25) is 4.79 Å². The molecule has 0 bridgehead atoms. The quantitative estimate of drug-likeness (QED) is 0.644. The van der Waals surface area contributed by atoms with E-state index < -0.39 is 0 Å². The van der Waals surface area contributed by atoms with Gasteiger partial charge in [0.05, 0.1) is 16.8 Å². The first-order valence-electron chi connectivity index (χ1n) is 8.11. The summed E-state index contributed by atoms with van der Waals surface area (Å²) in [6.45, 7) is 2.05. The van der Waals surface area contributed by atoms with Crippen molar-refractivity contribution in [1.29, 1.82) is 0 Å². The van der Waals surface area contributed by atoms with E-state index in [1.807, 2.05) is 49.4 Å². The Morgan fingerprint density at radius 3 is 2.71 bits per heavy atom. The molecule has 4 nitrogen and oxygen atoms in total. The van der Waals surface area contributed by atoms with E-state index in [-0.39, 0.29) is 11.9 Å². The number of aromatic amines is 1. The summed E-state index contributed by atoms with van der Waals surface area (Å²) in [4.78, 5) is 19.8. The normalized spacial score (nSPS) is 12.2. The van der Waals surface area contributed by atoms with Crippen molar-refractivity contribution in [2.75, 3.05) is 5.75 Å². The van der Waals surface area contributed by atoms with Crippen LogP contribution in [0.5, 0.6) is 0 Å². The summed E-state index contributed by atoms with van der Waals surface area (Å²) in [6.07, 6.45) is 1.91. The molecule has 0 aliphatic heterocycles. The average Bonchev–Trinajstić information content (AvgIpc) is 3.02. The van der Waals surface area contributed by atoms with E-state index in [2.05, 4.69) is 27.4 Å². The molecular formula is C19H21N3OS. The Morgan fingerprint density at radius 1 is 1.17 bits per heavy atom. The predicted molar refractivity (Wildman–Crippen MR) is 99.2 cm³/mol. The number of hydrogen-bond donors (Lipinski definition) is 2. The number of aromatic nitrogens is 2. The third-order valence-electron chi connectivity index (χ3n) is 3.82. The van der Waals surface area contributed by atoms with E-state index in [1.54, 1.807) is 0 Å². The Hall–Kier alpha value is -2.27. The molecule has 3 rings (SSSR count). The molecule has 0 aliphatic rings. The first kappa shape index (κ1) is 16.6. The van der Waals surface area contributed by atoms with Crippen molar-refractivity contribution >= 4 is 28.7 Å². The topological polar surface area (TPSA) is 57.8 Å². The Kier molecular flexibility index (Phi) is 5.54. The molecule has 0 saturated heterocycles. The van der Waals surface area contributed by atoms with Crippen molar-refractivity contribution in [2.24, 2.45) is 0 Å². The lowest BCUT2D eigenvalue weighted by atomic mass is 10.1. The van der Waals surface area contributed by atoms with Gasteiger partial charge >= 0.3 is 0 Å². The van der Waals surface area contributed by atoms with Crippen LogP contribution < -0.4 is 5.32 Å². The van der Waals surface area contributed by atoms with Gasteiger partial charge in [-0.1, -0.05) is 54.2 Å². The fourth-order valence-electron chi connectivity index (χ4n) is 2.55. The molecule has 1 unspecified atom stereocenters. The lowest BCUT2D eigenvalue weighted by molar-refractivity contribution is -0.119. The van der Waals surface area contributed by atoms with Gasteiger partial charge < -0.3 is 10.3 Å². The number of nitrogens with one attached hydrogen (secondary N) is 2. The molecule has 24 heavy (non-hydrogen) atoms. The van der Waals surface area contributed by atoms with E-state index in [0.717, 1.165) is 29.0 Å². The minimum Gasteiger partial charge on any atom is -0.353 e. The van der Waals surface area contributed by atoms with Crippen LogP contribution in [0.4, 0.5) is 0 Å². The average molecular weight is 339 g/mol. The highest BCUT2D eigenvalue weighted by Crippen LogP contribution is 2.18. The van der Waals surface area contributed by atoms with E-state index in [0.29, 0.717) is 5.75 Å². The highest BCUT2D eigenvalue weighted by atomic mass is 32.2. The van der Waals surface area contributed by atoms with Gasteiger partial charge in [0, 0.05) is 6.04 Å². The Balaban J connectivity index is 1.43. The summed E-state index contributed by atoms with van der Waals surface area (Å²) >= 11 is 1.43. The van der Waals surface area contributed by atoms with E-state index in [4.69, 9.17) is 0 Å². The maximum atomic E-state index is 12.1. The number of amides is 1. The molecule has 0 spiro atoms. The van der Waals surface area contributed by atoms with Gasteiger partial charge in [0.1, 0.15) is 0 Å². The van der Waals surface area contributed by atoms with Crippen LogP contribution in [0.15, 0.2) is 59.8 Å². The Morgan fingerprint density at radius 2 is 1.92 bits per heavy atom. The van der Waals surface area contributed by atoms with Crippen LogP contribution in [-0.2, 0) is 11.2 Å². The zero-order chi connectivity index (χ0) is 16.8. The molecule has 1 heterocycles. The number of thioether (sulfide) groups is 1. The van der Waals surface area contributed by atoms with Crippen molar-refractivity contribution in [2.45, 2.75) is 31.0 Å². The fourth-order valence-corrected chi connectivity index (χ4v) is 3.24. The Bertz CT molecular complexity index is 767. The number of benzene rings is 2. The molecule has 0 radical (unpaired) electrons. The number of aryl methyl sites for hydroxylation is 1. The number of carbonyl (C=O) groups is 1. The van der Waals surface area contributed by atoms with Crippen LogP contribution in [-0.4, -0.2) is 27.7 Å². The number of H-pyrrole nitrogens is 1. The van der Waals surface area contributed by atoms with Crippen molar-refractivity contribution in [1.82, 2.24) is 15.3 Å². The highest BCUT2D eigenvalue weighted by Gasteiger charge is 2.10. The molecular weight excluding hydrogens is 318 g/mol. The van der Waals surface area contributed by atoms with Crippen LogP contribution in [0, 0.1) is 0 Å². The number of imidazole rings is 1. The molecule has 2 aromatic carbocycles. The molecule has 1 aromatic heterocycles. The highest BCUT2D eigenvalue weighted by molar-refractivity contribution is 7.99. The number of para-hydroxylation sites is 2. The van der Waals surface area contributed by atoms with E-state index in [9.17, 15) is 4.79 Å². The van der Waals surface area contributed by atoms with Gasteiger partial charge in [-0.25, -0.2) is 4.98 Å². The second-order valence-electron chi connectivity index (χ2n) is 5.84. The molecule has 2 N–H and O–H groups in total. The molecule has 3 aromatic rings. The predicted octanol–water partition coefficient (Wildman–Crippen LogP) is 3.79. The summed E-state index contributed by atoms with van der Waals surface area (Å²) in [5.74, 6) is 0.413. The first-order valence-corrected chi connectivity index (χ1v) is 9.10. The van der Waals surface area contributed by atoms with Crippen molar-refractivity contribution in [3.63, 3.8) is 0 Å². The van der Waals surface area contributed by atoms with Gasteiger partial charge in [-0.2, -0.15) is 0 Å². The van der Waals surface area contributed by atoms with Gasteiger partial charge in [0.15, 0.2) is 5.16 Å². The third kappa shape index (κ3) is 4.61. The molecule has 0 aliphatic carbocycles. The summed E-state index contributed by atoms with van der Waals surface area (Å²) in [6, 6.07) is 18.4. The third-order valence-corrected chi connectivity index (χ3v) is 4.70. The second kappa shape index (κ2) is 8.02. The first-order chi connectivity index (χ1) is 11.7. The standard InChI is InChI=1S/C19H21N3OS/c1-14(11-12-15-7-3-2-4-8-15)20-18(23)13-24-19-21-16-9-5-6-10-17(16)22-19/h2-10,14H,11-13H2,1H3,(H,20,23)(H,21,22). The zero-order valence-corrected chi connectivity index (χ0v) is 14.5. The second-order valence-corrected chi connectivity index (χ2v) is 6.80. The minimum atomic E-state index is 0.0426. The zero-order valence-electron chi connectivity index (χ0n) is 13.7. The molecule has 0 fully saturated rings. The minimum absolute atomic E-state index is 0.0426. The van der Waals surface area contributed by atoms with Crippen molar-refractivity contribution < 1.29 is 4.79 Å². The molecule has 5 heteroatoms. The lowest BCUT2D eigenvalue weighted by Gasteiger charge is -2.13. The van der Waals surface area contributed by atoms with Crippen LogP contribution >= 0.6 is 11.8 Å². The summed E-state index contributed by atoms with van der Waals surface area (Å²) < 4.78 is 0. The SMILES string of the molecule is CC(CCc1ccccc1)NC(=O)CSc1nc2ccccc2[nH]1. The Labute approximate surface area is 146 Å². The van der Waals surface area contributed by atoms with Crippen LogP contribution in [0.3, 0.4) is 0 Å². The van der Waals surface area contributed by atoms with Crippen LogP contribution in [0.2, 0.25) is 0 Å². The monoisotopic (exact) mass is 339 g/mol. The van der Waals surface area contributed by atoms with Crippen molar-refractivity contribution in [3.8, 4) is 0 Å². The molecule has 1 atom stereocenters. The number of carbonyl (C=O) groups excluding carboxylic acids is 1. The van der Waals surface area contributed by atoms with E-state index >= 15 is 0 Å². The van der Waals surface area contributed by atoms with E-state index in [1.165, 1.54) is 17.3 Å². The smallest absolute Gasteiger partial charge is 0.230 e. The molecule has 0 saturated carbocycles. The van der Waals surface area contributed by atoms with Crippen LogP contribution in [0.1, 0.15) is 18.9 Å². The summed E-state index contributed by atoms with van der Waals surface area (Å²) in [5.41, 5.74) is 3.23. The number of fused-ring (bicyclic) bond motifs is 1.